The van der Waals surface area contributed by atoms with Crippen molar-refractivity contribution in [1.29, 1.82) is 0 Å². The van der Waals surface area contributed by atoms with Gasteiger partial charge in [0.2, 0.25) is 0 Å². The maximum absolute atomic E-state index is 11.8. The Labute approximate surface area is 120 Å². The molecule has 0 heterocycles. The Morgan fingerprint density at radius 3 is 2.63 bits per heavy atom. The summed E-state index contributed by atoms with van der Waals surface area (Å²) in [5.41, 5.74) is 0.597. The van der Waals surface area contributed by atoms with Crippen LogP contribution in [0.1, 0.15) is 20.3 Å². The lowest BCUT2D eigenvalue weighted by molar-refractivity contribution is -0.140. The van der Waals surface area contributed by atoms with E-state index in [2.05, 4.69) is 26.6 Å². The van der Waals surface area contributed by atoms with Crippen LogP contribution in [-0.2, 0) is 4.79 Å². The molecule has 1 aromatic carbocycles. The molecule has 0 radical (unpaired) electrons. The summed E-state index contributed by atoms with van der Waals surface area (Å²) >= 11 is 3.29. The van der Waals surface area contributed by atoms with Gasteiger partial charge in [-0.25, -0.2) is 9.59 Å². The second-order valence-electron chi connectivity index (χ2n) is 4.31. The number of nitrogens with one attached hydrogen (secondary N) is 2. The van der Waals surface area contributed by atoms with Crippen LogP contribution in [0, 0.1) is 5.92 Å². The lowest BCUT2D eigenvalue weighted by atomic mass is 9.99. The van der Waals surface area contributed by atoms with Crippen LogP contribution in [0.3, 0.4) is 0 Å². The van der Waals surface area contributed by atoms with Crippen LogP contribution in [0.4, 0.5) is 10.5 Å². The topological polar surface area (TPSA) is 78.4 Å². The summed E-state index contributed by atoms with van der Waals surface area (Å²) in [5, 5.41) is 14.2. The maximum Gasteiger partial charge on any atom is 0.326 e. The highest BCUT2D eigenvalue weighted by atomic mass is 79.9. The molecule has 1 aromatic rings. The van der Waals surface area contributed by atoms with Gasteiger partial charge >= 0.3 is 12.0 Å². The van der Waals surface area contributed by atoms with Crippen LogP contribution in [0.2, 0.25) is 0 Å². The Hall–Kier alpha value is -1.56. The molecule has 0 spiro atoms. The number of carbonyl (C=O) groups is 2. The van der Waals surface area contributed by atoms with E-state index in [4.69, 9.17) is 5.11 Å². The van der Waals surface area contributed by atoms with E-state index in [0.717, 1.165) is 4.47 Å². The first-order valence-electron chi connectivity index (χ1n) is 6.00. The number of carbonyl (C=O) groups excluding carboxylic acids is 1. The fourth-order valence-corrected chi connectivity index (χ4v) is 1.96. The van der Waals surface area contributed by atoms with Crippen LogP contribution < -0.4 is 10.6 Å². The molecule has 2 amide bonds. The third kappa shape index (κ3) is 4.90. The third-order valence-corrected chi connectivity index (χ3v) is 3.34. The van der Waals surface area contributed by atoms with Gasteiger partial charge in [0.15, 0.2) is 0 Å². The highest BCUT2D eigenvalue weighted by molar-refractivity contribution is 9.10. The number of carboxylic acids is 1. The van der Waals surface area contributed by atoms with Crippen LogP contribution in [0.5, 0.6) is 0 Å². The number of amides is 2. The molecule has 0 saturated heterocycles. The van der Waals surface area contributed by atoms with Gasteiger partial charge in [-0.05, 0) is 24.1 Å². The zero-order chi connectivity index (χ0) is 14.4. The molecule has 1 rings (SSSR count). The minimum absolute atomic E-state index is 0.134. The SMILES string of the molecule is CC[C@H](C)[C@@H](NC(=O)Nc1cccc(Br)c1)C(=O)O. The largest absolute Gasteiger partial charge is 0.480 e. The first-order valence-corrected chi connectivity index (χ1v) is 6.79. The van der Waals surface area contributed by atoms with Crippen molar-refractivity contribution in [2.45, 2.75) is 26.3 Å². The van der Waals surface area contributed by atoms with Crippen molar-refractivity contribution in [3.63, 3.8) is 0 Å². The van der Waals surface area contributed by atoms with Crippen molar-refractivity contribution in [2.24, 2.45) is 5.92 Å². The predicted octanol–water partition coefficient (Wildman–Crippen LogP) is 3.07. The number of aliphatic carboxylic acids is 1. The molecule has 0 aromatic heterocycles. The Morgan fingerprint density at radius 2 is 2.11 bits per heavy atom. The van der Waals surface area contributed by atoms with Gasteiger partial charge in [-0.3, -0.25) is 0 Å². The molecule has 0 saturated carbocycles. The number of urea groups is 1. The second kappa shape index (κ2) is 7.13. The van der Waals surface area contributed by atoms with E-state index < -0.39 is 18.0 Å². The highest BCUT2D eigenvalue weighted by Gasteiger charge is 2.25. The summed E-state index contributed by atoms with van der Waals surface area (Å²) < 4.78 is 0.835. The van der Waals surface area contributed by atoms with Crippen molar-refractivity contribution in [2.75, 3.05) is 5.32 Å². The van der Waals surface area contributed by atoms with Crippen molar-refractivity contribution < 1.29 is 14.7 Å². The quantitative estimate of drug-likeness (QED) is 0.777. The van der Waals surface area contributed by atoms with E-state index in [1.54, 1.807) is 25.1 Å². The molecule has 0 aliphatic carbocycles. The molecule has 0 aliphatic heterocycles. The molecular weight excluding hydrogens is 312 g/mol. The number of halogens is 1. The third-order valence-electron chi connectivity index (χ3n) is 2.85. The lowest BCUT2D eigenvalue weighted by Crippen LogP contribution is -2.46. The molecule has 0 fully saturated rings. The number of carboxylic acid groups (broad SMARTS) is 1. The summed E-state index contributed by atoms with van der Waals surface area (Å²) in [6, 6.07) is 5.66. The lowest BCUT2D eigenvalue weighted by Gasteiger charge is -2.20. The van der Waals surface area contributed by atoms with E-state index in [-0.39, 0.29) is 5.92 Å². The zero-order valence-electron chi connectivity index (χ0n) is 10.8. The molecule has 6 heteroatoms. The number of hydrogen-bond donors (Lipinski definition) is 3. The Kier molecular flexibility index (Phi) is 5.82. The van der Waals surface area contributed by atoms with E-state index in [9.17, 15) is 9.59 Å². The molecule has 2 atom stereocenters. The average molecular weight is 329 g/mol. The van der Waals surface area contributed by atoms with Crippen LogP contribution >= 0.6 is 15.9 Å². The van der Waals surface area contributed by atoms with Crippen molar-refractivity contribution in [3.05, 3.63) is 28.7 Å². The van der Waals surface area contributed by atoms with Crippen LogP contribution in [0.15, 0.2) is 28.7 Å². The minimum atomic E-state index is -1.03. The minimum Gasteiger partial charge on any atom is -0.480 e. The normalized spacial score (nSPS) is 13.4. The van der Waals surface area contributed by atoms with E-state index in [1.807, 2.05) is 13.0 Å². The summed E-state index contributed by atoms with van der Waals surface area (Å²) in [6.07, 6.45) is 0.675. The van der Waals surface area contributed by atoms with Gasteiger partial charge in [0.1, 0.15) is 6.04 Å². The Bertz CT molecular complexity index is 465. The smallest absolute Gasteiger partial charge is 0.326 e. The molecule has 3 N–H and O–H groups in total. The van der Waals surface area contributed by atoms with Gasteiger partial charge in [-0.1, -0.05) is 42.3 Å². The van der Waals surface area contributed by atoms with E-state index in [1.165, 1.54) is 0 Å². The number of benzene rings is 1. The number of anilines is 1. The summed E-state index contributed by atoms with van der Waals surface area (Å²) in [4.78, 5) is 22.9. The first-order chi connectivity index (χ1) is 8.93. The summed E-state index contributed by atoms with van der Waals surface area (Å²) in [7, 11) is 0. The summed E-state index contributed by atoms with van der Waals surface area (Å²) in [5.74, 6) is -1.16. The standard InChI is InChI=1S/C13H17BrN2O3/c1-3-8(2)11(12(17)18)16-13(19)15-10-6-4-5-9(14)7-10/h4-8,11H,3H2,1-2H3,(H,17,18)(H2,15,16,19)/t8-,11+/m0/s1. The van der Waals surface area contributed by atoms with Gasteiger partial charge in [-0.15, -0.1) is 0 Å². The molecule has 19 heavy (non-hydrogen) atoms. The van der Waals surface area contributed by atoms with Crippen molar-refractivity contribution in [3.8, 4) is 0 Å². The fourth-order valence-electron chi connectivity index (χ4n) is 1.56. The average Bonchev–Trinajstić information content (AvgIpc) is 2.34. The first kappa shape index (κ1) is 15.5. The maximum atomic E-state index is 11.8. The highest BCUT2D eigenvalue weighted by Crippen LogP contribution is 2.15. The number of hydrogen-bond acceptors (Lipinski definition) is 2. The number of rotatable bonds is 5. The monoisotopic (exact) mass is 328 g/mol. The van der Waals surface area contributed by atoms with Gasteiger partial charge in [-0.2, -0.15) is 0 Å². The fraction of sp³-hybridized carbons (Fsp3) is 0.385. The van der Waals surface area contributed by atoms with Crippen molar-refractivity contribution >= 4 is 33.6 Å². The molecular formula is C13H17BrN2O3. The molecule has 0 unspecified atom stereocenters. The van der Waals surface area contributed by atoms with Crippen LogP contribution in [-0.4, -0.2) is 23.1 Å². The van der Waals surface area contributed by atoms with Gasteiger partial charge in [0, 0.05) is 10.2 Å². The van der Waals surface area contributed by atoms with Gasteiger partial charge in [0.25, 0.3) is 0 Å². The molecule has 0 bridgehead atoms. The molecule has 0 aliphatic rings. The predicted molar refractivity (Wildman–Crippen MR) is 77.2 cm³/mol. The van der Waals surface area contributed by atoms with Gasteiger partial charge < -0.3 is 15.7 Å². The van der Waals surface area contributed by atoms with Crippen molar-refractivity contribution in [1.82, 2.24) is 5.32 Å². The Balaban J connectivity index is 2.65. The zero-order valence-corrected chi connectivity index (χ0v) is 12.4. The van der Waals surface area contributed by atoms with Gasteiger partial charge in [0.05, 0.1) is 0 Å². The van der Waals surface area contributed by atoms with E-state index in [0.29, 0.717) is 12.1 Å². The van der Waals surface area contributed by atoms with Crippen LogP contribution in [0.25, 0.3) is 0 Å². The molecule has 5 nitrogen and oxygen atoms in total. The van der Waals surface area contributed by atoms with E-state index >= 15 is 0 Å². The summed E-state index contributed by atoms with van der Waals surface area (Å²) in [6.45, 7) is 3.67. The Morgan fingerprint density at radius 1 is 1.42 bits per heavy atom. The second-order valence-corrected chi connectivity index (χ2v) is 5.23. The molecule has 104 valence electrons.